The van der Waals surface area contributed by atoms with Crippen LogP contribution in [0.1, 0.15) is 29.3 Å². The molecule has 8 heteroatoms. The fourth-order valence-corrected chi connectivity index (χ4v) is 4.11. The van der Waals surface area contributed by atoms with Gasteiger partial charge in [0.05, 0.1) is 5.56 Å². The number of thiophene rings is 1. The van der Waals surface area contributed by atoms with Gasteiger partial charge in [-0.25, -0.2) is 13.2 Å². The van der Waals surface area contributed by atoms with Crippen LogP contribution in [-0.2, 0) is 20.2 Å². The topological polar surface area (TPSA) is 101 Å². The van der Waals surface area contributed by atoms with Crippen LogP contribution in [0, 0.1) is 0 Å². The number of carboxylic acids is 1. The Morgan fingerprint density at radius 2 is 1.88 bits per heavy atom. The number of nitrogens with one attached hydrogen (secondary N) is 1. The molecular weight excluding hydrogens is 350 g/mol. The van der Waals surface area contributed by atoms with E-state index in [2.05, 4.69) is 5.32 Å². The highest BCUT2D eigenvalue weighted by atomic mass is 32.2. The molecule has 0 fully saturated rings. The molecule has 0 aliphatic rings. The fourth-order valence-electron chi connectivity index (χ4n) is 2.31. The molecule has 2 rings (SSSR count). The van der Waals surface area contributed by atoms with E-state index in [1.54, 1.807) is 37.3 Å². The minimum Gasteiger partial charge on any atom is -0.479 e. The summed E-state index contributed by atoms with van der Waals surface area (Å²) in [6.45, 7) is 1.66. The molecule has 2 aromatic rings. The summed E-state index contributed by atoms with van der Waals surface area (Å²) in [4.78, 5) is 24.4. The second-order valence-electron chi connectivity index (χ2n) is 5.31. The summed E-state index contributed by atoms with van der Waals surface area (Å²) >= 11 is 0.926. The molecular formula is C16H17NO5S2. The summed E-state index contributed by atoms with van der Waals surface area (Å²) < 4.78 is 23.1. The number of carbonyl (C=O) groups is 2. The molecule has 24 heavy (non-hydrogen) atoms. The fraction of sp³-hybridized carbons (Fsp3) is 0.250. The van der Waals surface area contributed by atoms with Crippen molar-refractivity contribution in [1.82, 2.24) is 5.32 Å². The number of hydrogen-bond donors (Lipinski definition) is 2. The maximum atomic E-state index is 12.5. The predicted molar refractivity (Wildman–Crippen MR) is 90.9 cm³/mol. The van der Waals surface area contributed by atoms with Crippen molar-refractivity contribution in [3.05, 3.63) is 52.9 Å². The van der Waals surface area contributed by atoms with Crippen molar-refractivity contribution in [3.63, 3.8) is 0 Å². The Hall–Kier alpha value is -2.19. The van der Waals surface area contributed by atoms with Crippen molar-refractivity contribution in [3.8, 4) is 0 Å². The Morgan fingerprint density at radius 1 is 1.25 bits per heavy atom. The lowest BCUT2D eigenvalue weighted by Crippen LogP contribution is -2.51. The summed E-state index contributed by atoms with van der Waals surface area (Å²) in [5, 5.41) is 13.7. The number of carbonyl (C=O) groups excluding carboxylic acids is 1. The van der Waals surface area contributed by atoms with Gasteiger partial charge < -0.3 is 10.4 Å². The molecule has 0 spiro atoms. The Labute approximate surface area is 144 Å². The summed E-state index contributed by atoms with van der Waals surface area (Å²) in [6, 6.07) is 9.66. The molecule has 1 unspecified atom stereocenters. The molecule has 1 amide bonds. The molecule has 1 heterocycles. The zero-order valence-corrected chi connectivity index (χ0v) is 14.8. The van der Waals surface area contributed by atoms with Crippen LogP contribution in [0.3, 0.4) is 0 Å². The lowest BCUT2D eigenvalue weighted by Gasteiger charge is -2.29. The molecule has 0 saturated heterocycles. The first-order valence-corrected chi connectivity index (χ1v) is 9.88. The predicted octanol–water partition coefficient (Wildman–Crippen LogP) is 2.27. The minimum absolute atomic E-state index is 0.0600. The summed E-state index contributed by atoms with van der Waals surface area (Å²) in [5.41, 5.74) is -1.01. The van der Waals surface area contributed by atoms with E-state index in [0.29, 0.717) is 5.56 Å². The van der Waals surface area contributed by atoms with E-state index < -0.39 is 27.3 Å². The van der Waals surface area contributed by atoms with E-state index in [0.717, 1.165) is 17.6 Å². The van der Waals surface area contributed by atoms with Gasteiger partial charge in [0.1, 0.15) is 4.21 Å². The summed E-state index contributed by atoms with van der Waals surface area (Å²) in [6.07, 6.45) is 1.19. The zero-order valence-electron chi connectivity index (χ0n) is 13.1. The molecule has 0 aliphatic heterocycles. The van der Waals surface area contributed by atoms with Crippen LogP contribution in [-0.4, -0.2) is 31.7 Å². The minimum atomic E-state index is -3.41. The van der Waals surface area contributed by atoms with E-state index >= 15 is 0 Å². The van der Waals surface area contributed by atoms with Crippen LogP contribution in [0.2, 0.25) is 0 Å². The molecule has 0 radical (unpaired) electrons. The number of carboxylic acid groups (broad SMARTS) is 1. The third-order valence-corrected chi connectivity index (χ3v) is 6.46. The van der Waals surface area contributed by atoms with Gasteiger partial charge in [0.25, 0.3) is 5.91 Å². The smallest absolute Gasteiger partial charge is 0.334 e. The van der Waals surface area contributed by atoms with Gasteiger partial charge >= 0.3 is 5.97 Å². The van der Waals surface area contributed by atoms with E-state index in [1.165, 1.54) is 11.4 Å². The lowest BCUT2D eigenvalue weighted by molar-refractivity contribution is -0.145. The average molecular weight is 367 g/mol. The summed E-state index contributed by atoms with van der Waals surface area (Å²) in [7, 11) is -3.41. The van der Waals surface area contributed by atoms with E-state index in [4.69, 9.17) is 0 Å². The maximum Gasteiger partial charge on any atom is 0.334 e. The van der Waals surface area contributed by atoms with Gasteiger partial charge in [0, 0.05) is 11.6 Å². The Morgan fingerprint density at radius 3 is 2.33 bits per heavy atom. The highest BCUT2D eigenvalue weighted by Crippen LogP contribution is 2.27. The Bertz CT molecular complexity index is 858. The van der Waals surface area contributed by atoms with E-state index in [9.17, 15) is 23.1 Å². The van der Waals surface area contributed by atoms with Crippen molar-refractivity contribution < 1.29 is 23.1 Å². The van der Waals surface area contributed by atoms with Crippen molar-refractivity contribution in [2.75, 3.05) is 6.26 Å². The first-order chi connectivity index (χ1) is 11.2. The molecule has 128 valence electrons. The van der Waals surface area contributed by atoms with Crippen LogP contribution in [0.4, 0.5) is 0 Å². The molecule has 1 atom stereocenters. The van der Waals surface area contributed by atoms with Crippen molar-refractivity contribution in [2.45, 2.75) is 23.1 Å². The molecule has 2 N–H and O–H groups in total. The number of hydrogen-bond acceptors (Lipinski definition) is 5. The third-order valence-electron chi connectivity index (χ3n) is 3.69. The van der Waals surface area contributed by atoms with Crippen LogP contribution >= 0.6 is 11.3 Å². The molecule has 0 aliphatic carbocycles. The largest absolute Gasteiger partial charge is 0.479 e. The lowest BCUT2D eigenvalue weighted by atomic mass is 9.87. The zero-order chi connectivity index (χ0) is 18.0. The molecule has 6 nitrogen and oxygen atoms in total. The number of amides is 1. The highest BCUT2D eigenvalue weighted by molar-refractivity contribution is 7.92. The Kier molecular flexibility index (Phi) is 5.10. The van der Waals surface area contributed by atoms with Crippen LogP contribution < -0.4 is 5.32 Å². The van der Waals surface area contributed by atoms with Gasteiger partial charge in [-0.05, 0) is 18.1 Å². The molecule has 0 bridgehead atoms. The van der Waals surface area contributed by atoms with Gasteiger partial charge in [-0.2, -0.15) is 0 Å². The first-order valence-electron chi connectivity index (χ1n) is 7.10. The average Bonchev–Trinajstić information content (AvgIpc) is 3.03. The van der Waals surface area contributed by atoms with E-state index in [-0.39, 0.29) is 16.2 Å². The van der Waals surface area contributed by atoms with Crippen molar-refractivity contribution >= 4 is 33.1 Å². The van der Waals surface area contributed by atoms with Gasteiger partial charge in [-0.15, -0.1) is 11.3 Å². The normalized spacial score (nSPS) is 13.9. The quantitative estimate of drug-likeness (QED) is 0.816. The second kappa shape index (κ2) is 6.74. The molecule has 1 aromatic heterocycles. The van der Waals surface area contributed by atoms with Gasteiger partial charge in [0.15, 0.2) is 15.4 Å². The van der Waals surface area contributed by atoms with Gasteiger partial charge in [0.2, 0.25) is 0 Å². The van der Waals surface area contributed by atoms with Gasteiger partial charge in [-0.3, -0.25) is 4.79 Å². The SMILES string of the molecule is CCC(NC(=O)c1csc(S(C)(=O)=O)c1)(C(=O)O)c1ccccc1. The van der Waals surface area contributed by atoms with Crippen LogP contribution in [0.5, 0.6) is 0 Å². The van der Waals surface area contributed by atoms with Crippen LogP contribution in [0.15, 0.2) is 46.0 Å². The second-order valence-corrected chi connectivity index (χ2v) is 8.46. The standard InChI is InChI=1S/C16H17NO5S2/c1-3-16(15(19)20,12-7-5-4-6-8-12)17-14(18)11-9-13(23-10-11)24(2,21)22/h4-10H,3H2,1-2H3,(H,17,18)(H,19,20). The van der Waals surface area contributed by atoms with Crippen LogP contribution in [0.25, 0.3) is 0 Å². The third kappa shape index (κ3) is 3.49. The number of rotatable bonds is 6. The van der Waals surface area contributed by atoms with Gasteiger partial charge in [-0.1, -0.05) is 37.3 Å². The number of aliphatic carboxylic acids is 1. The number of benzene rings is 1. The Balaban J connectivity index is 2.39. The maximum absolute atomic E-state index is 12.5. The summed E-state index contributed by atoms with van der Waals surface area (Å²) in [5.74, 6) is -1.81. The molecule has 1 aromatic carbocycles. The monoisotopic (exact) mass is 367 g/mol. The van der Waals surface area contributed by atoms with Crippen molar-refractivity contribution in [2.24, 2.45) is 0 Å². The number of sulfone groups is 1. The van der Waals surface area contributed by atoms with E-state index in [1.807, 2.05) is 0 Å². The van der Waals surface area contributed by atoms with Crippen molar-refractivity contribution in [1.29, 1.82) is 0 Å². The first kappa shape index (κ1) is 18.2. The highest BCUT2D eigenvalue weighted by Gasteiger charge is 2.40. The molecule has 0 saturated carbocycles.